The molecule has 0 fully saturated rings. The first kappa shape index (κ1) is 14.6. The summed E-state index contributed by atoms with van der Waals surface area (Å²) < 4.78 is 19.7. The van der Waals surface area contributed by atoms with Crippen molar-refractivity contribution in [2.45, 2.75) is 6.04 Å². The van der Waals surface area contributed by atoms with E-state index in [9.17, 15) is 4.39 Å². The number of halogens is 3. The number of rotatable bonds is 3. The van der Waals surface area contributed by atoms with Crippen molar-refractivity contribution in [3.8, 4) is 0 Å². The van der Waals surface area contributed by atoms with Crippen LogP contribution in [0.3, 0.4) is 0 Å². The summed E-state index contributed by atoms with van der Waals surface area (Å²) in [4.78, 5) is 0. The molecule has 0 saturated heterocycles. The fourth-order valence-corrected chi connectivity index (χ4v) is 2.97. The van der Waals surface area contributed by atoms with Gasteiger partial charge in [-0.15, -0.1) is 0 Å². The zero-order valence-corrected chi connectivity index (χ0v) is 13.5. The van der Waals surface area contributed by atoms with Crippen LogP contribution >= 0.6 is 27.5 Å². The molecule has 0 aliphatic carbocycles. The molecule has 21 heavy (non-hydrogen) atoms. The summed E-state index contributed by atoms with van der Waals surface area (Å²) in [5.74, 6) is 0.445. The number of nitrogens with one attached hydrogen (secondary N) is 1. The summed E-state index contributed by atoms with van der Waals surface area (Å²) in [5.41, 5.74) is 1.57. The second-order valence-electron chi connectivity index (χ2n) is 4.70. The van der Waals surface area contributed by atoms with Gasteiger partial charge in [-0.3, -0.25) is 0 Å². The lowest BCUT2D eigenvalue weighted by Crippen LogP contribution is -2.17. The van der Waals surface area contributed by atoms with E-state index < -0.39 is 0 Å². The third kappa shape index (κ3) is 2.71. The molecule has 3 aromatic rings. The van der Waals surface area contributed by atoms with E-state index in [4.69, 9.17) is 16.0 Å². The molecule has 1 aromatic heterocycles. The van der Waals surface area contributed by atoms with Crippen molar-refractivity contribution in [2.24, 2.45) is 0 Å². The number of benzene rings is 2. The maximum absolute atomic E-state index is 13.4. The maximum Gasteiger partial charge on any atom is 0.152 e. The lowest BCUT2D eigenvalue weighted by atomic mass is 10.0. The Kier molecular flexibility index (Phi) is 4.02. The van der Waals surface area contributed by atoms with Gasteiger partial charge >= 0.3 is 0 Å². The van der Waals surface area contributed by atoms with Crippen LogP contribution < -0.4 is 5.32 Å². The molecule has 0 bridgehead atoms. The first-order valence-electron chi connectivity index (χ1n) is 6.40. The van der Waals surface area contributed by atoms with Gasteiger partial charge in [-0.1, -0.05) is 29.8 Å². The Balaban J connectivity index is 2.09. The molecule has 2 aromatic carbocycles. The van der Waals surface area contributed by atoms with Crippen molar-refractivity contribution in [3.63, 3.8) is 0 Å². The van der Waals surface area contributed by atoms with Crippen molar-refractivity contribution in [1.82, 2.24) is 5.32 Å². The monoisotopic (exact) mass is 367 g/mol. The Morgan fingerprint density at radius 1 is 1.24 bits per heavy atom. The molecule has 5 heteroatoms. The molecule has 0 radical (unpaired) electrons. The SMILES string of the molecule is CNC(c1ccc(F)c(Br)c1)c1cc2cccc(Cl)c2o1. The standard InChI is InChI=1S/C16H12BrClFNO/c1-20-15(9-5-6-13(19)11(17)7-9)14-8-10-3-2-4-12(18)16(10)21-14/h2-8,15,20H,1H3. The van der Waals surface area contributed by atoms with Crippen molar-refractivity contribution < 1.29 is 8.81 Å². The molecule has 0 spiro atoms. The number of hydrogen-bond donors (Lipinski definition) is 1. The minimum atomic E-state index is -0.291. The van der Waals surface area contributed by atoms with Crippen LogP contribution in [0, 0.1) is 5.82 Å². The molecular formula is C16H12BrClFNO. The number of furan rings is 1. The van der Waals surface area contributed by atoms with E-state index in [0.29, 0.717) is 15.1 Å². The second kappa shape index (κ2) is 5.79. The third-order valence-corrected chi connectivity index (χ3v) is 4.27. The summed E-state index contributed by atoms with van der Waals surface area (Å²) in [6.07, 6.45) is 0. The summed E-state index contributed by atoms with van der Waals surface area (Å²) in [7, 11) is 1.83. The van der Waals surface area contributed by atoms with Crippen molar-refractivity contribution in [3.05, 3.63) is 69.1 Å². The highest BCUT2D eigenvalue weighted by Gasteiger charge is 2.18. The highest BCUT2D eigenvalue weighted by Crippen LogP contribution is 2.32. The van der Waals surface area contributed by atoms with E-state index in [1.807, 2.05) is 25.2 Å². The third-order valence-electron chi connectivity index (χ3n) is 3.37. The maximum atomic E-state index is 13.4. The zero-order chi connectivity index (χ0) is 15.0. The average molecular weight is 369 g/mol. The van der Waals surface area contributed by atoms with Crippen LogP contribution in [0.1, 0.15) is 17.4 Å². The Bertz CT molecular complexity index is 802. The summed E-state index contributed by atoms with van der Waals surface area (Å²) >= 11 is 9.35. The fraction of sp³-hybridized carbons (Fsp3) is 0.125. The van der Waals surface area contributed by atoms with Crippen LogP contribution in [0.2, 0.25) is 5.02 Å². The highest BCUT2D eigenvalue weighted by molar-refractivity contribution is 9.10. The first-order chi connectivity index (χ1) is 10.1. The molecule has 0 saturated carbocycles. The Hall–Kier alpha value is -1.36. The van der Waals surface area contributed by atoms with Gasteiger partial charge in [0.05, 0.1) is 15.5 Å². The zero-order valence-electron chi connectivity index (χ0n) is 11.2. The van der Waals surface area contributed by atoms with Gasteiger partial charge in [0.15, 0.2) is 5.58 Å². The minimum absolute atomic E-state index is 0.176. The largest absolute Gasteiger partial charge is 0.457 e. The molecule has 1 atom stereocenters. The minimum Gasteiger partial charge on any atom is -0.457 e. The van der Waals surface area contributed by atoms with E-state index >= 15 is 0 Å². The number of fused-ring (bicyclic) bond motifs is 1. The van der Waals surface area contributed by atoms with E-state index in [-0.39, 0.29) is 11.9 Å². The normalized spacial score (nSPS) is 12.8. The predicted octanol–water partition coefficient (Wildman–Crippen LogP) is 5.30. The molecule has 1 unspecified atom stereocenters. The summed E-state index contributed by atoms with van der Waals surface area (Å²) in [5, 5.41) is 4.70. The van der Waals surface area contributed by atoms with E-state index in [2.05, 4.69) is 21.2 Å². The molecule has 0 aliphatic rings. The highest BCUT2D eigenvalue weighted by atomic mass is 79.9. The molecule has 108 valence electrons. The Morgan fingerprint density at radius 3 is 2.71 bits per heavy atom. The lowest BCUT2D eigenvalue weighted by Gasteiger charge is -2.14. The van der Waals surface area contributed by atoms with Gasteiger partial charge in [0.2, 0.25) is 0 Å². The summed E-state index contributed by atoms with van der Waals surface area (Å²) in [6.45, 7) is 0. The van der Waals surface area contributed by atoms with Crippen LogP contribution in [-0.4, -0.2) is 7.05 Å². The Labute approximate surface area is 135 Å². The van der Waals surface area contributed by atoms with Gasteiger partial charge in [-0.2, -0.15) is 0 Å². The Morgan fingerprint density at radius 2 is 2.05 bits per heavy atom. The molecule has 2 nitrogen and oxygen atoms in total. The van der Waals surface area contributed by atoms with Crippen LogP contribution in [0.25, 0.3) is 11.0 Å². The smallest absolute Gasteiger partial charge is 0.152 e. The van der Waals surface area contributed by atoms with Gasteiger partial charge < -0.3 is 9.73 Å². The number of para-hydroxylation sites is 1. The summed E-state index contributed by atoms with van der Waals surface area (Å²) in [6, 6.07) is 12.3. The number of hydrogen-bond acceptors (Lipinski definition) is 2. The topological polar surface area (TPSA) is 25.2 Å². The van der Waals surface area contributed by atoms with Gasteiger partial charge in [0, 0.05) is 5.39 Å². The van der Waals surface area contributed by atoms with Crippen molar-refractivity contribution in [2.75, 3.05) is 7.05 Å². The van der Waals surface area contributed by atoms with Gasteiger partial charge in [-0.25, -0.2) is 4.39 Å². The molecule has 1 heterocycles. The predicted molar refractivity (Wildman–Crippen MR) is 86.2 cm³/mol. The van der Waals surface area contributed by atoms with Gasteiger partial charge in [-0.05, 0) is 52.8 Å². The average Bonchev–Trinajstić information content (AvgIpc) is 2.89. The van der Waals surface area contributed by atoms with Gasteiger partial charge in [0.25, 0.3) is 0 Å². The van der Waals surface area contributed by atoms with Crippen LogP contribution in [-0.2, 0) is 0 Å². The second-order valence-corrected chi connectivity index (χ2v) is 5.96. The molecule has 1 N–H and O–H groups in total. The van der Waals surface area contributed by atoms with Gasteiger partial charge in [0.1, 0.15) is 11.6 Å². The van der Waals surface area contributed by atoms with Crippen LogP contribution in [0.4, 0.5) is 4.39 Å². The van der Waals surface area contributed by atoms with E-state index in [1.165, 1.54) is 6.07 Å². The first-order valence-corrected chi connectivity index (χ1v) is 7.57. The van der Waals surface area contributed by atoms with Crippen LogP contribution in [0.5, 0.6) is 0 Å². The molecule has 0 aliphatic heterocycles. The van der Waals surface area contributed by atoms with Crippen LogP contribution in [0.15, 0.2) is 51.4 Å². The van der Waals surface area contributed by atoms with E-state index in [0.717, 1.165) is 16.7 Å². The quantitative estimate of drug-likeness (QED) is 0.679. The molecular weight excluding hydrogens is 357 g/mol. The van der Waals surface area contributed by atoms with Crippen molar-refractivity contribution >= 4 is 38.5 Å². The van der Waals surface area contributed by atoms with E-state index in [1.54, 1.807) is 18.2 Å². The fourth-order valence-electron chi connectivity index (χ4n) is 2.35. The van der Waals surface area contributed by atoms with Crippen molar-refractivity contribution in [1.29, 1.82) is 0 Å². The molecule has 3 rings (SSSR count). The lowest BCUT2D eigenvalue weighted by molar-refractivity contribution is 0.491. The molecule has 0 amide bonds.